The van der Waals surface area contributed by atoms with Crippen LogP contribution in [0.3, 0.4) is 0 Å². The Morgan fingerprint density at radius 3 is 2.15 bits per heavy atom. The number of nitrogens with two attached hydrogens (primary N) is 1. The Labute approximate surface area is 231 Å². The molecule has 33 heavy (non-hydrogen) atoms. The number of ether oxygens (including phenoxy) is 2. The van der Waals surface area contributed by atoms with Gasteiger partial charge in [-0.3, -0.25) is 19.2 Å². The number of nitrogens with one attached hydrogen (secondary N) is 1. The highest BCUT2D eigenvalue weighted by Crippen LogP contribution is 2.34. The second kappa shape index (κ2) is 13.8. The molecule has 0 saturated carbocycles. The first kappa shape index (κ1) is 30.0. The molecule has 11 nitrogen and oxygen atoms in total. The summed E-state index contributed by atoms with van der Waals surface area (Å²) in [5.41, 5.74) is 6.75. The van der Waals surface area contributed by atoms with E-state index < -0.39 is 42.6 Å². The van der Waals surface area contributed by atoms with E-state index in [2.05, 4.69) is 5.32 Å². The van der Waals surface area contributed by atoms with Crippen molar-refractivity contribution in [2.45, 2.75) is 26.1 Å². The molecule has 0 aliphatic heterocycles. The summed E-state index contributed by atoms with van der Waals surface area (Å²) in [6.45, 7) is 1.39. The van der Waals surface area contributed by atoms with E-state index in [1.165, 1.54) is 25.8 Å². The molecule has 0 radical (unpaired) electrons. The molecule has 0 saturated heterocycles. The number of benzene rings is 1. The summed E-state index contributed by atoms with van der Waals surface area (Å²) in [5, 5.41) is 21.3. The van der Waals surface area contributed by atoms with Crippen molar-refractivity contribution >= 4 is 97.2 Å². The Balaban J connectivity index is 3.24. The second-order valence-electron chi connectivity index (χ2n) is 6.87. The number of hydrogen-bond acceptors (Lipinski definition) is 9. The number of likely N-dealkylation sites (N-methyl/N-ethyl adjacent to an activating group) is 1. The number of nitrogens with zero attached hydrogens (tertiary/aromatic N) is 1. The number of esters is 2. The summed E-state index contributed by atoms with van der Waals surface area (Å²) in [5.74, 6) is -2.23. The van der Waals surface area contributed by atoms with E-state index in [1.54, 1.807) is 0 Å². The monoisotopic (exact) mass is 803 g/mol. The van der Waals surface area contributed by atoms with Gasteiger partial charge >= 0.3 is 11.9 Å². The van der Waals surface area contributed by atoms with Crippen molar-refractivity contribution in [3.63, 3.8) is 0 Å². The molecule has 1 aromatic rings. The minimum absolute atomic E-state index is 0.116. The van der Waals surface area contributed by atoms with Gasteiger partial charge in [0, 0.05) is 31.0 Å². The maximum absolute atomic E-state index is 13.0. The molecule has 0 heterocycles. The van der Waals surface area contributed by atoms with Crippen molar-refractivity contribution in [2.24, 2.45) is 0 Å². The highest BCUT2D eigenvalue weighted by Gasteiger charge is 2.29. The Bertz CT molecular complexity index is 928. The maximum atomic E-state index is 13.0. The third-order valence-corrected chi connectivity index (χ3v) is 7.45. The van der Waals surface area contributed by atoms with Crippen LogP contribution in [0.5, 0.6) is 0 Å². The molecule has 0 spiro atoms. The molecule has 0 aromatic heterocycles. The average molecular weight is 803 g/mol. The molecule has 5 N–H and O–H groups in total. The van der Waals surface area contributed by atoms with Crippen LogP contribution in [0.15, 0.2) is 0 Å². The molecule has 0 fully saturated rings. The maximum Gasteiger partial charge on any atom is 0.303 e. The van der Waals surface area contributed by atoms with Crippen molar-refractivity contribution in [1.29, 1.82) is 0 Å². The van der Waals surface area contributed by atoms with Crippen LogP contribution in [-0.2, 0) is 19.1 Å². The van der Waals surface area contributed by atoms with E-state index in [1.807, 2.05) is 67.8 Å². The zero-order valence-corrected chi connectivity index (χ0v) is 24.5. The third kappa shape index (κ3) is 8.62. The number of carbonyl (C=O) groups is 4. The Kier molecular flexibility index (Phi) is 12.5. The highest BCUT2D eigenvalue weighted by molar-refractivity contribution is 14.1. The number of aliphatic hydroxyl groups excluding tert-OH is 2. The summed E-state index contributed by atoms with van der Waals surface area (Å²) < 4.78 is 11.1. The van der Waals surface area contributed by atoms with Gasteiger partial charge in [-0.25, -0.2) is 0 Å². The van der Waals surface area contributed by atoms with Gasteiger partial charge < -0.3 is 35.6 Å². The standard InChI is InChI=1S/C19H24I3N3O8/c1-8(27)32-7-11(33-9(2)28)4-24-18(30)12-14(20)13(16(22)17(23)15(12)21)19(31)25(3)5-10(29)6-26/h10-11,26,29H,4-7,23H2,1-3H3,(H,24,30)/t10-,11+/m1/s1. The summed E-state index contributed by atoms with van der Waals surface area (Å²) in [4.78, 5) is 49.7. The van der Waals surface area contributed by atoms with Crippen LogP contribution < -0.4 is 11.1 Å². The summed E-state index contributed by atoms with van der Waals surface area (Å²) >= 11 is 5.71. The van der Waals surface area contributed by atoms with Crippen molar-refractivity contribution in [3.05, 3.63) is 21.8 Å². The normalized spacial score (nSPS) is 12.5. The summed E-state index contributed by atoms with van der Waals surface area (Å²) in [7, 11) is 1.46. The number of nitrogen functional groups attached to an aromatic ring is 1. The molecular formula is C19H24I3N3O8. The molecule has 1 rings (SSSR count). The number of rotatable bonds is 10. The second-order valence-corrected chi connectivity index (χ2v) is 10.1. The van der Waals surface area contributed by atoms with E-state index >= 15 is 0 Å². The Morgan fingerprint density at radius 1 is 1.06 bits per heavy atom. The van der Waals surface area contributed by atoms with Gasteiger partial charge in [-0.1, -0.05) is 0 Å². The van der Waals surface area contributed by atoms with Gasteiger partial charge in [0.2, 0.25) is 0 Å². The lowest BCUT2D eigenvalue weighted by Crippen LogP contribution is -2.39. The highest BCUT2D eigenvalue weighted by atomic mass is 127. The number of anilines is 1. The fourth-order valence-electron chi connectivity index (χ4n) is 2.59. The van der Waals surface area contributed by atoms with Crippen molar-refractivity contribution in [3.8, 4) is 0 Å². The third-order valence-electron chi connectivity index (χ3n) is 4.13. The van der Waals surface area contributed by atoms with E-state index in [0.29, 0.717) is 10.7 Å². The first-order valence-electron chi connectivity index (χ1n) is 9.40. The van der Waals surface area contributed by atoms with Gasteiger partial charge in [0.1, 0.15) is 6.61 Å². The summed E-state index contributed by atoms with van der Waals surface area (Å²) in [6, 6.07) is 0. The zero-order chi connectivity index (χ0) is 25.5. The number of carbonyl (C=O) groups excluding carboxylic acids is 4. The lowest BCUT2D eigenvalue weighted by molar-refractivity contribution is -0.155. The van der Waals surface area contributed by atoms with Gasteiger partial charge in [-0.2, -0.15) is 0 Å². The van der Waals surface area contributed by atoms with Crippen LogP contribution in [0.4, 0.5) is 5.69 Å². The van der Waals surface area contributed by atoms with Gasteiger partial charge in [0.25, 0.3) is 11.8 Å². The average Bonchev–Trinajstić information content (AvgIpc) is 2.73. The van der Waals surface area contributed by atoms with Crippen molar-refractivity contribution in [1.82, 2.24) is 10.2 Å². The van der Waals surface area contributed by atoms with E-state index in [-0.39, 0.29) is 36.5 Å². The predicted octanol–water partition coefficient (Wildman–Crippen LogP) is 0.732. The fraction of sp³-hybridized carbons (Fsp3) is 0.474. The quantitative estimate of drug-likeness (QED) is 0.152. The first-order valence-corrected chi connectivity index (χ1v) is 12.6. The zero-order valence-electron chi connectivity index (χ0n) is 18.0. The van der Waals surface area contributed by atoms with Crippen LogP contribution in [0.25, 0.3) is 0 Å². The van der Waals surface area contributed by atoms with Gasteiger partial charge in [-0.15, -0.1) is 0 Å². The van der Waals surface area contributed by atoms with Crippen LogP contribution in [-0.4, -0.2) is 84.4 Å². The number of amides is 2. The van der Waals surface area contributed by atoms with Crippen LogP contribution in [0.2, 0.25) is 0 Å². The molecule has 0 aliphatic rings. The number of aliphatic hydroxyl groups is 2. The lowest BCUT2D eigenvalue weighted by Gasteiger charge is -2.23. The van der Waals surface area contributed by atoms with Crippen LogP contribution >= 0.6 is 67.8 Å². The first-order chi connectivity index (χ1) is 15.3. The van der Waals surface area contributed by atoms with Gasteiger partial charge in [0.15, 0.2) is 6.10 Å². The largest absolute Gasteiger partial charge is 0.462 e. The molecule has 0 unspecified atom stereocenters. The fourth-order valence-corrected chi connectivity index (χ4v) is 6.71. The number of hydrogen-bond donors (Lipinski definition) is 4. The Morgan fingerprint density at radius 2 is 1.64 bits per heavy atom. The molecular weight excluding hydrogens is 779 g/mol. The van der Waals surface area contributed by atoms with E-state index in [9.17, 15) is 24.3 Å². The molecule has 2 amide bonds. The molecule has 184 valence electrons. The minimum Gasteiger partial charge on any atom is -0.462 e. The van der Waals surface area contributed by atoms with Crippen LogP contribution in [0.1, 0.15) is 34.6 Å². The topological polar surface area (TPSA) is 168 Å². The summed E-state index contributed by atoms with van der Waals surface area (Å²) in [6.07, 6.45) is -2.02. The smallest absolute Gasteiger partial charge is 0.303 e. The van der Waals surface area contributed by atoms with Crippen molar-refractivity contribution in [2.75, 3.05) is 39.1 Å². The molecule has 2 atom stereocenters. The van der Waals surface area contributed by atoms with Gasteiger partial charge in [-0.05, 0) is 67.8 Å². The molecule has 0 bridgehead atoms. The van der Waals surface area contributed by atoms with Crippen molar-refractivity contribution < 1.29 is 38.9 Å². The van der Waals surface area contributed by atoms with E-state index in [0.717, 1.165) is 0 Å². The lowest BCUT2D eigenvalue weighted by atomic mass is 10.1. The van der Waals surface area contributed by atoms with E-state index in [4.69, 9.17) is 20.3 Å². The van der Waals surface area contributed by atoms with Crippen LogP contribution in [0, 0.1) is 10.7 Å². The molecule has 0 aliphatic carbocycles. The van der Waals surface area contributed by atoms with Gasteiger partial charge in [0.05, 0.1) is 43.2 Å². The molecule has 14 heteroatoms. The predicted molar refractivity (Wildman–Crippen MR) is 144 cm³/mol. The SMILES string of the molecule is CC(=O)OC[C@H](CNC(=O)c1c(I)c(N)c(I)c(C(=O)N(C)C[C@@H](O)CO)c1I)OC(C)=O. The molecule has 1 aromatic carbocycles. The minimum atomic E-state index is -1.12. The Hall–Kier alpha value is -0.990. The number of halogens is 3.